The van der Waals surface area contributed by atoms with Crippen LogP contribution in [0.1, 0.15) is 49.8 Å². The molecule has 0 fully saturated rings. The first-order chi connectivity index (χ1) is 11.4. The van der Waals surface area contributed by atoms with E-state index in [0.29, 0.717) is 0 Å². The summed E-state index contributed by atoms with van der Waals surface area (Å²) in [6.45, 7) is 3.16. The quantitative estimate of drug-likeness (QED) is 0.720. The van der Waals surface area contributed by atoms with Gasteiger partial charge in [0.15, 0.2) is 0 Å². The molecular formula is C21H23NO. The molecule has 0 amide bonds. The van der Waals surface area contributed by atoms with Gasteiger partial charge in [0.25, 0.3) is 0 Å². The summed E-state index contributed by atoms with van der Waals surface area (Å²) in [7, 11) is 0. The number of benzene rings is 2. The smallest absolute Gasteiger partial charge is 0.128 e. The maximum Gasteiger partial charge on any atom is 0.128 e. The lowest BCUT2D eigenvalue weighted by molar-refractivity contribution is 0.187. The van der Waals surface area contributed by atoms with Crippen molar-refractivity contribution in [1.29, 1.82) is 0 Å². The van der Waals surface area contributed by atoms with Crippen LogP contribution >= 0.6 is 0 Å². The minimum atomic E-state index is 0.158. The van der Waals surface area contributed by atoms with Crippen molar-refractivity contribution < 1.29 is 4.74 Å². The molecule has 2 aromatic rings. The Balaban J connectivity index is 1.83. The molecule has 1 N–H and O–H groups in total. The fourth-order valence-electron chi connectivity index (χ4n) is 3.68. The van der Waals surface area contributed by atoms with Crippen molar-refractivity contribution in [1.82, 2.24) is 0 Å². The zero-order valence-corrected chi connectivity index (χ0v) is 13.6. The van der Waals surface area contributed by atoms with Crippen LogP contribution in [0.4, 0.5) is 5.69 Å². The Bertz CT molecular complexity index is 748. The zero-order valence-electron chi connectivity index (χ0n) is 13.6. The summed E-state index contributed by atoms with van der Waals surface area (Å²) in [6, 6.07) is 12.9. The van der Waals surface area contributed by atoms with E-state index in [2.05, 4.69) is 60.8 Å². The molecule has 4 rings (SSSR count). The Morgan fingerprint density at radius 3 is 2.91 bits per heavy atom. The summed E-state index contributed by atoms with van der Waals surface area (Å²) in [5.41, 5.74) is 6.46. The van der Waals surface area contributed by atoms with Gasteiger partial charge in [0.1, 0.15) is 11.9 Å². The van der Waals surface area contributed by atoms with Gasteiger partial charge < -0.3 is 10.1 Å². The molecule has 0 spiro atoms. The Labute approximate surface area is 138 Å². The van der Waals surface area contributed by atoms with Gasteiger partial charge in [-0.1, -0.05) is 56.2 Å². The standard InChI is InChI=1S/C21H23NO/c1-2-3-4-11-20-21-16(15-8-5-6-10-19(15)23-20)12-13-18-17(21)9-7-14-22-18/h5-10,12-13,20,22H,2-4,11,14H2,1H3. The first kappa shape index (κ1) is 14.4. The van der Waals surface area contributed by atoms with Crippen LogP contribution < -0.4 is 10.1 Å². The van der Waals surface area contributed by atoms with E-state index in [0.717, 1.165) is 18.7 Å². The monoisotopic (exact) mass is 305 g/mol. The number of hydrogen-bond donors (Lipinski definition) is 1. The van der Waals surface area contributed by atoms with Gasteiger partial charge in [0.05, 0.1) is 0 Å². The summed E-state index contributed by atoms with van der Waals surface area (Å²) in [6.07, 6.45) is 9.42. The second kappa shape index (κ2) is 6.11. The number of rotatable bonds is 4. The van der Waals surface area contributed by atoms with Crippen LogP contribution in [0.5, 0.6) is 5.75 Å². The van der Waals surface area contributed by atoms with Crippen LogP contribution in [-0.4, -0.2) is 6.54 Å². The van der Waals surface area contributed by atoms with Crippen molar-refractivity contribution in [2.24, 2.45) is 0 Å². The molecule has 0 saturated carbocycles. The third kappa shape index (κ3) is 2.52. The highest BCUT2D eigenvalue weighted by molar-refractivity contribution is 5.85. The lowest BCUT2D eigenvalue weighted by atomic mass is 9.85. The van der Waals surface area contributed by atoms with Gasteiger partial charge in [-0.3, -0.25) is 0 Å². The van der Waals surface area contributed by atoms with Gasteiger partial charge in [-0.05, 0) is 30.5 Å². The lowest BCUT2D eigenvalue weighted by Crippen LogP contribution is -2.18. The van der Waals surface area contributed by atoms with E-state index in [1.807, 2.05) is 0 Å². The van der Waals surface area contributed by atoms with Crippen molar-refractivity contribution in [3.05, 3.63) is 53.6 Å². The average Bonchev–Trinajstić information content (AvgIpc) is 2.61. The van der Waals surface area contributed by atoms with E-state index in [4.69, 9.17) is 4.74 Å². The first-order valence-corrected chi connectivity index (χ1v) is 8.72. The van der Waals surface area contributed by atoms with Crippen LogP contribution in [0.15, 0.2) is 42.5 Å². The van der Waals surface area contributed by atoms with E-state index in [1.165, 1.54) is 47.2 Å². The number of nitrogens with one attached hydrogen (secondary N) is 1. The average molecular weight is 305 g/mol. The van der Waals surface area contributed by atoms with Gasteiger partial charge >= 0.3 is 0 Å². The molecule has 2 heteroatoms. The highest BCUT2D eigenvalue weighted by atomic mass is 16.5. The highest BCUT2D eigenvalue weighted by Gasteiger charge is 2.29. The second-order valence-corrected chi connectivity index (χ2v) is 6.37. The molecule has 0 saturated heterocycles. The largest absolute Gasteiger partial charge is 0.485 e. The molecule has 118 valence electrons. The van der Waals surface area contributed by atoms with Gasteiger partial charge in [0, 0.05) is 28.9 Å². The van der Waals surface area contributed by atoms with E-state index in [1.54, 1.807) is 0 Å². The predicted octanol–water partition coefficient (Wildman–Crippen LogP) is 5.81. The fourth-order valence-corrected chi connectivity index (χ4v) is 3.68. The van der Waals surface area contributed by atoms with E-state index in [-0.39, 0.29) is 6.10 Å². The van der Waals surface area contributed by atoms with E-state index in [9.17, 15) is 0 Å². The topological polar surface area (TPSA) is 21.3 Å². The fraction of sp³-hybridized carbons (Fsp3) is 0.333. The van der Waals surface area contributed by atoms with Gasteiger partial charge in [-0.15, -0.1) is 0 Å². The molecule has 0 aromatic heterocycles. The Morgan fingerprint density at radius 1 is 1.09 bits per heavy atom. The number of hydrogen-bond acceptors (Lipinski definition) is 2. The number of fused-ring (bicyclic) bond motifs is 5. The predicted molar refractivity (Wildman–Crippen MR) is 96.9 cm³/mol. The molecule has 2 aromatic carbocycles. The number of anilines is 1. The second-order valence-electron chi connectivity index (χ2n) is 6.37. The maximum atomic E-state index is 6.41. The summed E-state index contributed by atoms with van der Waals surface area (Å²) in [4.78, 5) is 0. The minimum absolute atomic E-state index is 0.158. The van der Waals surface area contributed by atoms with Crippen molar-refractivity contribution >= 4 is 11.8 Å². The Hall–Kier alpha value is -2.22. The van der Waals surface area contributed by atoms with Crippen molar-refractivity contribution in [2.75, 3.05) is 11.9 Å². The number of unbranched alkanes of at least 4 members (excludes halogenated alkanes) is 2. The van der Waals surface area contributed by atoms with Crippen LogP contribution in [0.2, 0.25) is 0 Å². The van der Waals surface area contributed by atoms with Crippen molar-refractivity contribution in [2.45, 2.75) is 38.7 Å². The molecule has 2 aliphatic heterocycles. The SMILES string of the molecule is CCCCCC1Oc2ccccc2-c2ccc3c(c21)C=CCN3. The maximum absolute atomic E-state index is 6.41. The summed E-state index contributed by atoms with van der Waals surface area (Å²) < 4.78 is 6.41. The highest BCUT2D eigenvalue weighted by Crippen LogP contribution is 2.47. The van der Waals surface area contributed by atoms with Crippen LogP contribution in [-0.2, 0) is 0 Å². The minimum Gasteiger partial charge on any atom is -0.485 e. The summed E-state index contributed by atoms with van der Waals surface area (Å²) in [5.74, 6) is 1.02. The molecule has 2 nitrogen and oxygen atoms in total. The molecule has 0 radical (unpaired) electrons. The summed E-state index contributed by atoms with van der Waals surface area (Å²) in [5, 5.41) is 3.48. The van der Waals surface area contributed by atoms with Crippen molar-refractivity contribution in [3.63, 3.8) is 0 Å². The Morgan fingerprint density at radius 2 is 2.00 bits per heavy atom. The third-order valence-electron chi connectivity index (χ3n) is 4.82. The molecule has 1 unspecified atom stereocenters. The van der Waals surface area contributed by atoms with E-state index < -0.39 is 0 Å². The molecule has 2 aliphatic rings. The molecule has 1 atom stereocenters. The number of ether oxygens (including phenoxy) is 1. The van der Waals surface area contributed by atoms with E-state index >= 15 is 0 Å². The first-order valence-electron chi connectivity index (χ1n) is 8.72. The molecule has 0 aliphatic carbocycles. The molecule has 0 bridgehead atoms. The molecule has 2 heterocycles. The Kier molecular flexibility index (Phi) is 3.82. The van der Waals surface area contributed by atoms with Gasteiger partial charge in [0.2, 0.25) is 0 Å². The van der Waals surface area contributed by atoms with Crippen LogP contribution in [0.3, 0.4) is 0 Å². The van der Waals surface area contributed by atoms with Crippen LogP contribution in [0.25, 0.3) is 17.2 Å². The summed E-state index contributed by atoms with van der Waals surface area (Å²) >= 11 is 0. The van der Waals surface area contributed by atoms with Gasteiger partial charge in [-0.25, -0.2) is 0 Å². The van der Waals surface area contributed by atoms with Gasteiger partial charge in [-0.2, -0.15) is 0 Å². The number of para-hydroxylation sites is 1. The van der Waals surface area contributed by atoms with Crippen LogP contribution in [0, 0.1) is 0 Å². The van der Waals surface area contributed by atoms with Crippen molar-refractivity contribution in [3.8, 4) is 16.9 Å². The third-order valence-corrected chi connectivity index (χ3v) is 4.82. The molecular weight excluding hydrogens is 282 g/mol. The lowest BCUT2D eigenvalue weighted by Gasteiger charge is -2.32. The normalized spacial score (nSPS) is 17.5. The molecule has 23 heavy (non-hydrogen) atoms. The zero-order chi connectivity index (χ0) is 15.6.